The first-order chi connectivity index (χ1) is 16.1. The predicted octanol–water partition coefficient (Wildman–Crippen LogP) is 4.10. The van der Waals surface area contributed by atoms with E-state index in [1.165, 1.54) is 0 Å². The number of esters is 2. The maximum atomic E-state index is 13.5. The Hall–Kier alpha value is -3.93. The normalized spacial score (nSPS) is 17.8. The van der Waals surface area contributed by atoms with Crippen LogP contribution in [0.5, 0.6) is 0 Å². The molecule has 1 fully saturated rings. The molecule has 1 N–H and O–H groups in total. The van der Waals surface area contributed by atoms with Gasteiger partial charge in [0.05, 0.1) is 0 Å². The molecule has 0 saturated carbocycles. The molecule has 1 saturated heterocycles. The third-order valence-corrected chi connectivity index (χ3v) is 5.65. The van der Waals surface area contributed by atoms with Crippen molar-refractivity contribution in [2.45, 2.75) is 37.5 Å². The third-order valence-electron chi connectivity index (χ3n) is 5.65. The monoisotopic (exact) mass is 443 g/mol. The summed E-state index contributed by atoms with van der Waals surface area (Å²) in [5.41, 5.74) is 0.410. The number of amides is 1. The molecule has 6 heteroatoms. The number of nitrogens with one attached hydrogen (secondary N) is 1. The Morgan fingerprint density at radius 2 is 1.36 bits per heavy atom. The summed E-state index contributed by atoms with van der Waals surface area (Å²) >= 11 is 0. The zero-order valence-corrected chi connectivity index (χ0v) is 18.1. The zero-order valence-electron chi connectivity index (χ0n) is 18.1. The molecule has 1 heterocycles. The Bertz CT molecular complexity index is 1060. The second-order valence-corrected chi connectivity index (χ2v) is 7.98. The first-order valence-corrected chi connectivity index (χ1v) is 10.9. The summed E-state index contributed by atoms with van der Waals surface area (Å²) < 4.78 is 11.4. The predicted molar refractivity (Wildman–Crippen MR) is 122 cm³/mol. The van der Waals surface area contributed by atoms with Gasteiger partial charge >= 0.3 is 11.9 Å². The van der Waals surface area contributed by atoms with Gasteiger partial charge in [0.15, 0.2) is 6.10 Å². The van der Waals surface area contributed by atoms with Crippen molar-refractivity contribution in [2.75, 3.05) is 0 Å². The Morgan fingerprint density at radius 1 is 0.818 bits per heavy atom. The Morgan fingerprint density at radius 3 is 1.91 bits per heavy atom. The molecule has 1 unspecified atom stereocenters. The van der Waals surface area contributed by atoms with Crippen molar-refractivity contribution < 1.29 is 23.9 Å². The Balaban J connectivity index is 1.61. The number of ether oxygens (including phenoxy) is 2. The molecule has 6 nitrogen and oxygen atoms in total. The first kappa shape index (κ1) is 22.3. The highest BCUT2D eigenvalue weighted by atomic mass is 16.6. The van der Waals surface area contributed by atoms with E-state index < -0.39 is 23.6 Å². The van der Waals surface area contributed by atoms with Gasteiger partial charge in [-0.2, -0.15) is 0 Å². The van der Waals surface area contributed by atoms with Gasteiger partial charge in [0.1, 0.15) is 6.61 Å². The van der Waals surface area contributed by atoms with Crippen LogP contribution in [0.2, 0.25) is 0 Å². The van der Waals surface area contributed by atoms with Gasteiger partial charge < -0.3 is 14.8 Å². The molecule has 33 heavy (non-hydrogen) atoms. The quantitative estimate of drug-likeness (QED) is 0.439. The van der Waals surface area contributed by atoms with Crippen LogP contribution >= 0.6 is 0 Å². The third kappa shape index (κ3) is 5.12. The lowest BCUT2D eigenvalue weighted by Gasteiger charge is -2.34. The molecule has 0 radical (unpaired) electrons. The van der Waals surface area contributed by atoms with Crippen LogP contribution in [0.4, 0.5) is 0 Å². The lowest BCUT2D eigenvalue weighted by molar-refractivity contribution is -0.173. The lowest BCUT2D eigenvalue weighted by atomic mass is 9.88. The van der Waals surface area contributed by atoms with E-state index in [2.05, 4.69) is 5.32 Å². The SMILES string of the molecule is O=C1CCCC(C(=O)OCc2ccccc2)(C(=O)OC(c2ccccc2)c2ccccc2)N1. The number of carbonyl (C=O) groups excluding carboxylic acids is 3. The fourth-order valence-corrected chi connectivity index (χ4v) is 3.90. The number of hydrogen-bond donors (Lipinski definition) is 1. The zero-order chi connectivity index (χ0) is 23.1. The molecule has 3 aromatic carbocycles. The molecule has 168 valence electrons. The van der Waals surface area contributed by atoms with Gasteiger partial charge in [-0.25, -0.2) is 9.59 Å². The van der Waals surface area contributed by atoms with Gasteiger partial charge in [0.25, 0.3) is 0 Å². The van der Waals surface area contributed by atoms with Crippen LogP contribution in [0.15, 0.2) is 91.0 Å². The maximum absolute atomic E-state index is 13.5. The molecule has 1 aliphatic rings. The molecule has 0 bridgehead atoms. The summed E-state index contributed by atoms with van der Waals surface area (Å²) in [6, 6.07) is 27.7. The summed E-state index contributed by atoms with van der Waals surface area (Å²) in [5, 5.41) is 2.59. The van der Waals surface area contributed by atoms with Crippen LogP contribution in [0.1, 0.15) is 42.1 Å². The number of carbonyl (C=O) groups is 3. The summed E-state index contributed by atoms with van der Waals surface area (Å²) in [4.78, 5) is 39.0. The minimum absolute atomic E-state index is 0.00856. The van der Waals surface area contributed by atoms with Crippen LogP contribution < -0.4 is 5.32 Å². The maximum Gasteiger partial charge on any atom is 0.344 e. The van der Waals surface area contributed by atoms with E-state index in [4.69, 9.17) is 9.47 Å². The number of rotatable bonds is 7. The van der Waals surface area contributed by atoms with Crippen LogP contribution in [-0.2, 0) is 30.5 Å². The van der Waals surface area contributed by atoms with E-state index in [1.807, 2.05) is 91.0 Å². The van der Waals surface area contributed by atoms with Crippen molar-refractivity contribution >= 4 is 17.8 Å². The summed E-state index contributed by atoms with van der Waals surface area (Å²) in [5.74, 6) is -2.03. The van der Waals surface area contributed by atoms with Crippen molar-refractivity contribution in [3.63, 3.8) is 0 Å². The minimum atomic E-state index is -1.88. The second kappa shape index (κ2) is 10.1. The fraction of sp³-hybridized carbons (Fsp3) is 0.222. The van der Waals surface area contributed by atoms with Gasteiger partial charge in [-0.3, -0.25) is 4.79 Å². The van der Waals surface area contributed by atoms with E-state index in [0.717, 1.165) is 16.7 Å². The molecule has 1 aliphatic heterocycles. The molecule has 0 spiro atoms. The second-order valence-electron chi connectivity index (χ2n) is 7.98. The highest BCUT2D eigenvalue weighted by Gasteiger charge is 2.52. The lowest BCUT2D eigenvalue weighted by Crippen LogP contribution is -2.63. The van der Waals surface area contributed by atoms with Gasteiger partial charge in [-0.05, 0) is 29.5 Å². The molecule has 1 atom stereocenters. The van der Waals surface area contributed by atoms with Crippen molar-refractivity contribution in [3.05, 3.63) is 108 Å². The smallest absolute Gasteiger partial charge is 0.344 e. The van der Waals surface area contributed by atoms with Gasteiger partial charge in [-0.1, -0.05) is 91.0 Å². The highest BCUT2D eigenvalue weighted by molar-refractivity contribution is 6.08. The number of piperidine rings is 1. The minimum Gasteiger partial charge on any atom is -0.459 e. The standard InChI is InChI=1S/C27H25NO5/c29-23-17-10-18-27(28-23,25(30)32-19-20-11-4-1-5-12-20)26(31)33-24(21-13-6-2-7-14-21)22-15-8-3-9-16-22/h1-9,11-16,24H,10,17-19H2,(H,28,29). The van der Waals surface area contributed by atoms with Gasteiger partial charge in [-0.15, -0.1) is 0 Å². The van der Waals surface area contributed by atoms with Crippen molar-refractivity contribution in [3.8, 4) is 0 Å². The molecule has 4 rings (SSSR count). The topological polar surface area (TPSA) is 81.7 Å². The molecule has 0 aliphatic carbocycles. The van der Waals surface area contributed by atoms with E-state index in [1.54, 1.807) is 0 Å². The van der Waals surface area contributed by atoms with Crippen molar-refractivity contribution in [1.82, 2.24) is 5.32 Å². The molecular formula is C27H25NO5. The molecule has 1 amide bonds. The van der Waals surface area contributed by atoms with Gasteiger partial charge in [0.2, 0.25) is 11.4 Å². The largest absolute Gasteiger partial charge is 0.459 e. The number of hydrogen-bond acceptors (Lipinski definition) is 5. The average Bonchev–Trinajstić information content (AvgIpc) is 2.87. The fourth-order valence-electron chi connectivity index (χ4n) is 3.90. The molecular weight excluding hydrogens is 418 g/mol. The Kier molecular flexibility index (Phi) is 6.83. The first-order valence-electron chi connectivity index (χ1n) is 10.9. The summed E-state index contributed by atoms with van der Waals surface area (Å²) in [6.07, 6.45) is -0.0102. The average molecular weight is 443 g/mol. The Labute approximate surface area is 192 Å². The molecule has 0 aromatic heterocycles. The number of benzene rings is 3. The van der Waals surface area contributed by atoms with Crippen LogP contribution in [-0.4, -0.2) is 23.4 Å². The summed E-state index contributed by atoms with van der Waals surface area (Å²) in [7, 11) is 0. The summed E-state index contributed by atoms with van der Waals surface area (Å²) in [6.45, 7) is -0.00856. The van der Waals surface area contributed by atoms with Crippen molar-refractivity contribution in [2.24, 2.45) is 0 Å². The van der Waals surface area contributed by atoms with E-state index >= 15 is 0 Å². The van der Waals surface area contributed by atoms with Crippen LogP contribution in [0.25, 0.3) is 0 Å². The van der Waals surface area contributed by atoms with Crippen molar-refractivity contribution in [1.29, 1.82) is 0 Å². The highest BCUT2D eigenvalue weighted by Crippen LogP contribution is 2.31. The van der Waals surface area contributed by atoms with E-state index in [-0.39, 0.29) is 25.4 Å². The van der Waals surface area contributed by atoms with Crippen LogP contribution in [0.3, 0.4) is 0 Å². The van der Waals surface area contributed by atoms with Gasteiger partial charge in [0, 0.05) is 6.42 Å². The van der Waals surface area contributed by atoms with E-state index in [9.17, 15) is 14.4 Å². The molecule has 3 aromatic rings. The van der Waals surface area contributed by atoms with Crippen LogP contribution in [0, 0.1) is 0 Å². The van der Waals surface area contributed by atoms with E-state index in [0.29, 0.717) is 6.42 Å².